The molecule has 28 heavy (non-hydrogen) atoms. The monoisotopic (exact) mass is 387 g/mol. The van der Waals surface area contributed by atoms with Crippen molar-refractivity contribution in [2.45, 2.75) is 23.4 Å². The largest absolute Gasteiger partial charge is 0.344 e. The van der Waals surface area contributed by atoms with Crippen LogP contribution < -0.4 is 5.32 Å². The summed E-state index contributed by atoms with van der Waals surface area (Å²) >= 11 is 1.46. The number of carbonyl (C=O) groups excluding carboxylic acids is 1. The summed E-state index contributed by atoms with van der Waals surface area (Å²) in [5.41, 5.74) is 3.14. The Morgan fingerprint density at radius 3 is 2.18 bits per heavy atom. The fourth-order valence-corrected chi connectivity index (χ4v) is 4.01. The molecule has 1 amide bonds. The lowest BCUT2D eigenvalue weighted by atomic mass is 9.98. The average Bonchev–Trinajstić information content (AvgIpc) is 3.16. The highest BCUT2D eigenvalue weighted by Gasteiger charge is 2.22. The SMILES string of the molecule is CC(Sc1ncc2ccccn12)C(=O)NC(c1ccccc1)c1ccccc1. The normalized spacial score (nSPS) is 12.2. The highest BCUT2D eigenvalue weighted by Crippen LogP contribution is 2.26. The quantitative estimate of drug-likeness (QED) is 0.487. The molecule has 0 aliphatic rings. The molecule has 5 heteroatoms. The molecule has 0 saturated carbocycles. The summed E-state index contributed by atoms with van der Waals surface area (Å²) in [6, 6.07) is 25.8. The predicted octanol–water partition coefficient (Wildman–Crippen LogP) is 4.72. The summed E-state index contributed by atoms with van der Waals surface area (Å²) in [5.74, 6) is -0.0182. The van der Waals surface area contributed by atoms with Gasteiger partial charge in [-0.15, -0.1) is 0 Å². The number of hydrogen-bond donors (Lipinski definition) is 1. The van der Waals surface area contributed by atoms with Crippen LogP contribution in [0.1, 0.15) is 24.1 Å². The molecule has 0 saturated heterocycles. The molecule has 0 aliphatic carbocycles. The van der Waals surface area contributed by atoms with Gasteiger partial charge in [0, 0.05) is 6.20 Å². The van der Waals surface area contributed by atoms with E-state index in [0.717, 1.165) is 21.8 Å². The van der Waals surface area contributed by atoms with Crippen LogP contribution in [0.25, 0.3) is 5.52 Å². The summed E-state index contributed by atoms with van der Waals surface area (Å²) in [6.45, 7) is 1.91. The number of aromatic nitrogens is 2. The molecule has 1 N–H and O–H groups in total. The molecule has 0 fully saturated rings. The number of rotatable bonds is 6. The number of nitrogens with zero attached hydrogens (tertiary/aromatic N) is 2. The third-order valence-electron chi connectivity index (χ3n) is 4.61. The van der Waals surface area contributed by atoms with Gasteiger partial charge < -0.3 is 5.32 Å². The van der Waals surface area contributed by atoms with E-state index in [1.165, 1.54) is 11.8 Å². The van der Waals surface area contributed by atoms with Gasteiger partial charge in [-0.3, -0.25) is 9.20 Å². The molecule has 4 aromatic rings. The number of imidazole rings is 1. The Labute approximate surface area is 168 Å². The fourth-order valence-electron chi connectivity index (χ4n) is 3.13. The summed E-state index contributed by atoms with van der Waals surface area (Å²) in [4.78, 5) is 17.5. The molecule has 0 bridgehead atoms. The van der Waals surface area contributed by atoms with E-state index in [1.807, 2.05) is 103 Å². The van der Waals surface area contributed by atoms with Gasteiger partial charge in [-0.25, -0.2) is 4.98 Å². The van der Waals surface area contributed by atoms with Gasteiger partial charge in [0.25, 0.3) is 0 Å². The molecule has 0 spiro atoms. The summed E-state index contributed by atoms with van der Waals surface area (Å²) in [5, 5.41) is 3.75. The van der Waals surface area contributed by atoms with E-state index in [-0.39, 0.29) is 17.2 Å². The predicted molar refractivity (Wildman–Crippen MR) is 113 cm³/mol. The number of nitrogens with one attached hydrogen (secondary N) is 1. The van der Waals surface area contributed by atoms with Crippen molar-refractivity contribution >= 4 is 23.2 Å². The Bertz CT molecular complexity index is 1020. The Morgan fingerprint density at radius 1 is 0.929 bits per heavy atom. The van der Waals surface area contributed by atoms with E-state index in [1.54, 1.807) is 0 Å². The molecule has 140 valence electrons. The fraction of sp³-hybridized carbons (Fsp3) is 0.130. The van der Waals surface area contributed by atoms with Crippen molar-refractivity contribution in [1.29, 1.82) is 0 Å². The van der Waals surface area contributed by atoms with E-state index in [0.29, 0.717) is 0 Å². The number of carbonyl (C=O) groups is 1. The zero-order valence-electron chi connectivity index (χ0n) is 15.5. The summed E-state index contributed by atoms with van der Waals surface area (Å²) < 4.78 is 2.00. The average molecular weight is 388 g/mol. The minimum absolute atomic E-state index is 0.0182. The molecule has 0 radical (unpaired) electrons. The van der Waals surface area contributed by atoms with Crippen LogP contribution in [0.5, 0.6) is 0 Å². The van der Waals surface area contributed by atoms with Crippen molar-refractivity contribution in [1.82, 2.24) is 14.7 Å². The zero-order valence-corrected chi connectivity index (χ0v) is 16.3. The van der Waals surface area contributed by atoms with Crippen molar-refractivity contribution in [3.63, 3.8) is 0 Å². The Hall–Kier alpha value is -3.05. The number of hydrogen-bond acceptors (Lipinski definition) is 3. The van der Waals surface area contributed by atoms with Crippen LogP contribution in [0.3, 0.4) is 0 Å². The second-order valence-electron chi connectivity index (χ2n) is 6.56. The first-order valence-electron chi connectivity index (χ1n) is 9.21. The zero-order chi connectivity index (χ0) is 19.3. The second-order valence-corrected chi connectivity index (χ2v) is 7.87. The van der Waals surface area contributed by atoms with E-state index in [4.69, 9.17) is 0 Å². The first-order chi connectivity index (χ1) is 13.7. The summed E-state index contributed by atoms with van der Waals surface area (Å²) in [6.07, 6.45) is 3.79. The second kappa shape index (κ2) is 8.31. The number of benzene rings is 2. The van der Waals surface area contributed by atoms with Gasteiger partial charge >= 0.3 is 0 Å². The Morgan fingerprint density at radius 2 is 1.54 bits per heavy atom. The van der Waals surface area contributed by atoms with Gasteiger partial charge in [-0.2, -0.15) is 0 Å². The number of amides is 1. The number of thioether (sulfide) groups is 1. The lowest BCUT2D eigenvalue weighted by Gasteiger charge is -2.22. The van der Waals surface area contributed by atoms with E-state index in [9.17, 15) is 4.79 Å². The maximum atomic E-state index is 13.0. The van der Waals surface area contributed by atoms with Crippen LogP contribution in [0.15, 0.2) is 96.4 Å². The first-order valence-corrected chi connectivity index (χ1v) is 10.1. The van der Waals surface area contributed by atoms with E-state index >= 15 is 0 Å². The van der Waals surface area contributed by atoms with Crippen molar-refractivity contribution in [2.75, 3.05) is 0 Å². The molecule has 0 aliphatic heterocycles. The minimum Gasteiger partial charge on any atom is -0.344 e. The Balaban J connectivity index is 1.54. The standard InChI is InChI=1S/C23H21N3OS/c1-17(28-23-24-16-20-14-8-9-15-26(20)23)22(27)25-21(18-10-4-2-5-11-18)19-12-6-3-7-13-19/h2-17,21H,1H3,(H,25,27). The number of pyridine rings is 1. The minimum atomic E-state index is -0.277. The lowest BCUT2D eigenvalue weighted by Crippen LogP contribution is -2.35. The van der Waals surface area contributed by atoms with Gasteiger partial charge in [0.1, 0.15) is 0 Å². The highest BCUT2D eigenvalue weighted by molar-refractivity contribution is 8.00. The van der Waals surface area contributed by atoms with Gasteiger partial charge in [-0.05, 0) is 30.2 Å². The molecule has 4 rings (SSSR count). The molecule has 4 nitrogen and oxygen atoms in total. The van der Waals surface area contributed by atoms with Crippen LogP contribution in [-0.4, -0.2) is 20.5 Å². The Kier molecular flexibility index (Phi) is 5.44. The van der Waals surface area contributed by atoms with Gasteiger partial charge in [0.05, 0.1) is 23.0 Å². The van der Waals surface area contributed by atoms with Crippen molar-refractivity contribution in [3.05, 3.63) is 102 Å². The summed E-state index contributed by atoms with van der Waals surface area (Å²) in [7, 11) is 0. The molecule has 2 aromatic carbocycles. The van der Waals surface area contributed by atoms with Gasteiger partial charge in [0.2, 0.25) is 5.91 Å². The topological polar surface area (TPSA) is 46.4 Å². The molecule has 2 aromatic heterocycles. The smallest absolute Gasteiger partial charge is 0.234 e. The van der Waals surface area contributed by atoms with E-state index < -0.39 is 0 Å². The molecule has 2 heterocycles. The van der Waals surface area contributed by atoms with Crippen LogP contribution in [0, 0.1) is 0 Å². The van der Waals surface area contributed by atoms with E-state index in [2.05, 4.69) is 10.3 Å². The van der Waals surface area contributed by atoms with Gasteiger partial charge in [0.15, 0.2) is 5.16 Å². The maximum absolute atomic E-state index is 13.0. The third-order valence-corrected chi connectivity index (χ3v) is 5.69. The highest BCUT2D eigenvalue weighted by atomic mass is 32.2. The molecule has 1 unspecified atom stereocenters. The lowest BCUT2D eigenvalue weighted by molar-refractivity contribution is -0.120. The first kappa shape index (κ1) is 18.3. The van der Waals surface area contributed by atoms with Crippen molar-refractivity contribution < 1.29 is 4.79 Å². The van der Waals surface area contributed by atoms with Crippen molar-refractivity contribution in [2.24, 2.45) is 0 Å². The van der Waals surface area contributed by atoms with Crippen LogP contribution >= 0.6 is 11.8 Å². The maximum Gasteiger partial charge on any atom is 0.234 e. The molecule has 1 atom stereocenters. The van der Waals surface area contributed by atoms with Gasteiger partial charge in [-0.1, -0.05) is 78.5 Å². The number of fused-ring (bicyclic) bond motifs is 1. The van der Waals surface area contributed by atoms with Crippen LogP contribution in [0.4, 0.5) is 0 Å². The molecular weight excluding hydrogens is 366 g/mol. The third kappa shape index (κ3) is 3.94. The van der Waals surface area contributed by atoms with Crippen molar-refractivity contribution in [3.8, 4) is 0 Å². The van der Waals surface area contributed by atoms with Crippen LogP contribution in [0.2, 0.25) is 0 Å². The van der Waals surface area contributed by atoms with Crippen LogP contribution in [-0.2, 0) is 4.79 Å². The molecular formula is C23H21N3OS.